The van der Waals surface area contributed by atoms with Crippen LogP contribution in [0.5, 0.6) is 0 Å². The normalized spacial score (nSPS) is 14.4. The predicted octanol–water partition coefficient (Wildman–Crippen LogP) is 0.390. The summed E-state index contributed by atoms with van der Waals surface area (Å²) in [5.74, 6) is -1.28. The van der Waals surface area contributed by atoms with Crippen molar-refractivity contribution in [3.63, 3.8) is 0 Å². The highest BCUT2D eigenvalue weighted by molar-refractivity contribution is 5.98. The number of amides is 2. The maximum Gasteiger partial charge on any atom is 0.419 e. The van der Waals surface area contributed by atoms with Crippen molar-refractivity contribution in [2.24, 2.45) is 7.05 Å². The Hall–Kier alpha value is -5.93. The van der Waals surface area contributed by atoms with Gasteiger partial charge in [-0.15, -0.1) is 15.3 Å². The molecule has 4 aromatic heterocycles. The Bertz CT molecular complexity index is 2140. The second-order valence-corrected chi connectivity index (χ2v) is 9.82. The molecular formula is C26H21N11O5. The third-order valence-corrected chi connectivity index (χ3v) is 7.29. The number of rotatable bonds is 6. The highest BCUT2D eigenvalue weighted by Gasteiger charge is 2.27. The van der Waals surface area contributed by atoms with Gasteiger partial charge < -0.3 is 15.1 Å². The van der Waals surface area contributed by atoms with Crippen molar-refractivity contribution in [2.75, 3.05) is 0 Å². The van der Waals surface area contributed by atoms with Crippen LogP contribution in [0.25, 0.3) is 28.3 Å². The minimum Gasteiger partial charge on any atom is -0.408 e. The summed E-state index contributed by atoms with van der Waals surface area (Å²) < 4.78 is 7.50. The molecule has 1 aliphatic rings. The monoisotopic (exact) mass is 567 g/mol. The zero-order valence-electron chi connectivity index (χ0n) is 21.9. The van der Waals surface area contributed by atoms with Crippen LogP contribution < -0.4 is 22.1 Å². The lowest BCUT2D eigenvalue weighted by Gasteiger charge is -2.15. The van der Waals surface area contributed by atoms with Crippen LogP contribution in [0, 0.1) is 0 Å². The van der Waals surface area contributed by atoms with Crippen LogP contribution in [-0.4, -0.2) is 56.6 Å². The average molecular weight is 568 g/mol. The van der Waals surface area contributed by atoms with E-state index in [4.69, 9.17) is 4.42 Å². The minimum atomic E-state index is -0.674. The molecule has 0 radical (unpaired) electrons. The maximum absolute atomic E-state index is 13.3. The molecule has 2 aromatic carbocycles. The summed E-state index contributed by atoms with van der Waals surface area (Å²) in [7, 11) is 1.58. The number of fused-ring (bicyclic) bond motifs is 3. The van der Waals surface area contributed by atoms with Crippen LogP contribution in [-0.2, 0) is 20.0 Å². The number of benzene rings is 2. The van der Waals surface area contributed by atoms with Gasteiger partial charge in [0.25, 0.3) is 17.6 Å². The number of H-pyrrole nitrogens is 2. The zero-order chi connectivity index (χ0) is 29.0. The van der Waals surface area contributed by atoms with Crippen molar-refractivity contribution in [3.05, 3.63) is 91.6 Å². The second kappa shape index (κ2) is 9.61. The summed E-state index contributed by atoms with van der Waals surface area (Å²) in [6.45, 7) is 0.0802. The Morgan fingerprint density at radius 2 is 1.98 bits per heavy atom. The molecule has 42 heavy (non-hydrogen) atoms. The molecule has 1 atom stereocenters. The summed E-state index contributed by atoms with van der Waals surface area (Å²) in [4.78, 5) is 55.0. The Morgan fingerprint density at radius 3 is 2.81 bits per heavy atom. The van der Waals surface area contributed by atoms with Gasteiger partial charge in [0.1, 0.15) is 11.4 Å². The van der Waals surface area contributed by atoms with Crippen molar-refractivity contribution in [3.8, 4) is 11.4 Å². The predicted molar refractivity (Wildman–Crippen MR) is 144 cm³/mol. The van der Waals surface area contributed by atoms with Gasteiger partial charge in [-0.2, -0.15) is 5.21 Å². The van der Waals surface area contributed by atoms with E-state index in [1.165, 1.54) is 10.6 Å². The van der Waals surface area contributed by atoms with Crippen LogP contribution in [0.3, 0.4) is 0 Å². The summed E-state index contributed by atoms with van der Waals surface area (Å²) in [5.41, 5.74) is 3.65. The van der Waals surface area contributed by atoms with Gasteiger partial charge in [-0.25, -0.2) is 24.1 Å². The van der Waals surface area contributed by atoms with E-state index in [0.717, 1.165) is 27.5 Å². The van der Waals surface area contributed by atoms with Gasteiger partial charge in [0.15, 0.2) is 5.58 Å². The van der Waals surface area contributed by atoms with Crippen LogP contribution in [0.4, 0.5) is 0 Å². The molecule has 0 aliphatic heterocycles. The van der Waals surface area contributed by atoms with E-state index in [1.54, 1.807) is 25.2 Å². The lowest BCUT2D eigenvalue weighted by atomic mass is 10.0. The number of aromatic nitrogens is 9. The summed E-state index contributed by atoms with van der Waals surface area (Å²) >= 11 is 0. The van der Waals surface area contributed by atoms with E-state index in [2.05, 4.69) is 46.4 Å². The van der Waals surface area contributed by atoms with Crippen LogP contribution in [0.1, 0.15) is 50.1 Å². The lowest BCUT2D eigenvalue weighted by molar-refractivity contribution is 0.0931. The third-order valence-electron chi connectivity index (χ3n) is 7.29. The molecule has 6 aromatic rings. The molecule has 0 bridgehead atoms. The molecule has 0 spiro atoms. The van der Waals surface area contributed by atoms with Crippen molar-refractivity contribution < 1.29 is 14.0 Å². The first kappa shape index (κ1) is 25.1. The van der Waals surface area contributed by atoms with Gasteiger partial charge in [-0.1, -0.05) is 18.2 Å². The van der Waals surface area contributed by atoms with Crippen molar-refractivity contribution >= 4 is 28.7 Å². The number of tetrazole rings is 1. The number of hydrogen-bond acceptors (Lipinski definition) is 10. The molecule has 0 unspecified atom stereocenters. The molecule has 0 saturated carbocycles. The molecule has 4 N–H and O–H groups in total. The number of carbonyl (C=O) groups excluding carboxylic acids is 2. The van der Waals surface area contributed by atoms with Gasteiger partial charge in [-0.3, -0.25) is 14.2 Å². The first-order valence-electron chi connectivity index (χ1n) is 12.9. The number of aryl methyl sites for hydroxylation is 2. The van der Waals surface area contributed by atoms with E-state index in [0.29, 0.717) is 28.9 Å². The van der Waals surface area contributed by atoms with Gasteiger partial charge in [0, 0.05) is 19.2 Å². The third kappa shape index (κ3) is 4.21. The zero-order valence-corrected chi connectivity index (χ0v) is 21.9. The fraction of sp³-hybridized carbons (Fsp3) is 0.192. The largest absolute Gasteiger partial charge is 0.419 e. The number of nitrogens with zero attached hydrogens (tertiary/aromatic N) is 7. The summed E-state index contributed by atoms with van der Waals surface area (Å²) in [6, 6.07) is 11.8. The Labute approximate surface area is 233 Å². The topological polar surface area (TPSA) is 211 Å². The van der Waals surface area contributed by atoms with Crippen molar-refractivity contribution in [2.45, 2.75) is 25.4 Å². The molecule has 0 fully saturated rings. The fourth-order valence-electron chi connectivity index (χ4n) is 5.18. The molecule has 4 heterocycles. The summed E-state index contributed by atoms with van der Waals surface area (Å²) in [5, 5.41) is 25.9. The second-order valence-electron chi connectivity index (χ2n) is 9.82. The van der Waals surface area contributed by atoms with Gasteiger partial charge >= 0.3 is 11.4 Å². The smallest absolute Gasteiger partial charge is 0.408 e. The average Bonchev–Trinajstić information content (AvgIpc) is 3.80. The molecular weight excluding hydrogens is 546 g/mol. The van der Waals surface area contributed by atoms with Crippen LogP contribution in [0.2, 0.25) is 0 Å². The molecule has 16 heteroatoms. The number of oxazole rings is 1. The van der Waals surface area contributed by atoms with E-state index < -0.39 is 23.3 Å². The maximum atomic E-state index is 13.3. The van der Waals surface area contributed by atoms with Crippen molar-refractivity contribution in [1.82, 2.24) is 55.4 Å². The lowest BCUT2D eigenvalue weighted by Crippen LogP contribution is -2.31. The Morgan fingerprint density at radius 1 is 1.10 bits per heavy atom. The van der Waals surface area contributed by atoms with E-state index in [9.17, 15) is 19.2 Å². The standard InChI is InChI=1S/C26H21N11O5/c1-36-18-8-12(2-7-20(18)42-26(36)41)11-27-23(39)19-10-17(29-24-32-33-25(40)37(19)24)22(38)28-16-6-4-13-9-14(3-5-15(13)16)21-30-34-35-31-21/h2-3,5,7-10,16H,4,6,11H2,1H3,(H,27,39)(H,28,38)(H,33,40)(H,30,31,34,35)/t16-/m0/s1. The van der Waals surface area contributed by atoms with Crippen LogP contribution >= 0.6 is 0 Å². The highest BCUT2D eigenvalue weighted by Crippen LogP contribution is 2.33. The van der Waals surface area contributed by atoms with E-state index in [1.807, 2.05) is 18.2 Å². The highest BCUT2D eigenvalue weighted by atomic mass is 16.4. The Kier molecular flexibility index (Phi) is 5.74. The quantitative estimate of drug-likeness (QED) is 0.217. The van der Waals surface area contributed by atoms with Gasteiger partial charge in [0.05, 0.1) is 11.6 Å². The molecule has 0 saturated heterocycles. The molecule has 2 amide bonds. The molecule has 1 aliphatic carbocycles. The number of hydrogen-bond donors (Lipinski definition) is 4. The number of nitrogens with one attached hydrogen (secondary N) is 4. The van der Waals surface area contributed by atoms with Gasteiger partial charge in [-0.05, 0) is 59.0 Å². The fourth-order valence-corrected chi connectivity index (χ4v) is 5.18. The first-order chi connectivity index (χ1) is 20.4. The van der Waals surface area contributed by atoms with Crippen molar-refractivity contribution in [1.29, 1.82) is 0 Å². The number of carbonyl (C=O) groups is 2. The molecule has 7 rings (SSSR count). The SMILES string of the molecule is Cn1c(=O)oc2ccc(CNC(=O)c3cc(C(=O)N[C@H]4CCc5cc(-c6nn[nH]n6)ccc54)nc4n[nH]c(=O)n34)cc21. The minimum absolute atomic E-state index is 0.0710. The molecule has 16 nitrogen and oxygen atoms in total. The number of aromatic amines is 2. The summed E-state index contributed by atoms with van der Waals surface area (Å²) in [6.07, 6.45) is 1.40. The van der Waals surface area contributed by atoms with E-state index in [-0.39, 0.29) is 29.8 Å². The van der Waals surface area contributed by atoms with Crippen LogP contribution in [0.15, 0.2) is 56.5 Å². The molecule has 210 valence electrons. The first-order valence-corrected chi connectivity index (χ1v) is 12.9. The van der Waals surface area contributed by atoms with Gasteiger partial charge in [0.2, 0.25) is 5.82 Å². The van der Waals surface area contributed by atoms with E-state index >= 15 is 0 Å². The Balaban J connectivity index is 1.13.